The number of alkyl halides is 1. The molecule has 2 aromatic heterocycles. The third-order valence-electron chi connectivity index (χ3n) is 5.96. The number of hydrogen-bond donors (Lipinski definition) is 3. The Morgan fingerprint density at radius 1 is 1.44 bits per heavy atom. The number of hydrogen-bond acceptors (Lipinski definition) is 6. The number of aryl methyl sites for hydroxylation is 1. The van der Waals surface area contributed by atoms with Gasteiger partial charge in [-0.15, -0.1) is 5.48 Å². The van der Waals surface area contributed by atoms with Gasteiger partial charge in [0.25, 0.3) is 5.91 Å². The predicted molar refractivity (Wildman–Crippen MR) is 115 cm³/mol. The van der Waals surface area contributed by atoms with Crippen LogP contribution < -0.4 is 16.5 Å². The largest absolute Gasteiger partial charge is 0.371 e. The van der Waals surface area contributed by atoms with E-state index in [-0.39, 0.29) is 34.9 Å². The first-order valence-electron chi connectivity index (χ1n) is 9.91. The number of benzene rings is 1. The van der Waals surface area contributed by atoms with E-state index in [9.17, 15) is 13.6 Å². The summed E-state index contributed by atoms with van der Waals surface area (Å²) >= 11 is 6.03. The van der Waals surface area contributed by atoms with Crippen molar-refractivity contribution in [2.24, 2.45) is 16.6 Å². The van der Waals surface area contributed by atoms with Gasteiger partial charge in [0.05, 0.1) is 10.7 Å². The van der Waals surface area contributed by atoms with Crippen LogP contribution in [0.3, 0.4) is 0 Å². The second kappa shape index (κ2) is 7.42. The smallest absolute Gasteiger partial charge is 0.303 e. The number of halogens is 3. The van der Waals surface area contributed by atoms with Crippen LogP contribution in [0.15, 0.2) is 41.5 Å². The topological polar surface area (TPSA) is 106 Å². The quantitative estimate of drug-likeness (QED) is 0.554. The van der Waals surface area contributed by atoms with Gasteiger partial charge in [-0.25, -0.2) is 18.8 Å². The van der Waals surface area contributed by atoms with Gasteiger partial charge in [0.15, 0.2) is 0 Å². The molecule has 4 N–H and O–H groups in total. The summed E-state index contributed by atoms with van der Waals surface area (Å²) in [6.07, 6.45) is 2.22. The van der Waals surface area contributed by atoms with Gasteiger partial charge in [0, 0.05) is 29.4 Å². The molecule has 1 aliphatic heterocycles. The number of amides is 1. The van der Waals surface area contributed by atoms with Crippen molar-refractivity contribution >= 4 is 34.9 Å². The number of nitrogens with zero attached hydrogens (tertiary/aromatic N) is 3. The number of amidine groups is 1. The second-order valence-electron chi connectivity index (χ2n) is 7.95. The van der Waals surface area contributed by atoms with Crippen molar-refractivity contribution in [3.8, 4) is 0 Å². The molecule has 3 heterocycles. The molecule has 8 nitrogen and oxygen atoms in total. The van der Waals surface area contributed by atoms with Crippen LogP contribution in [-0.2, 0) is 10.4 Å². The molecule has 0 radical (unpaired) electrons. The van der Waals surface area contributed by atoms with Crippen molar-refractivity contribution < 1.29 is 18.4 Å². The van der Waals surface area contributed by atoms with Crippen LogP contribution in [-0.4, -0.2) is 34.0 Å². The Morgan fingerprint density at radius 2 is 2.25 bits per heavy atom. The van der Waals surface area contributed by atoms with Crippen LogP contribution in [0.2, 0.25) is 5.02 Å². The first-order chi connectivity index (χ1) is 15.3. The van der Waals surface area contributed by atoms with Crippen LogP contribution in [0.5, 0.6) is 0 Å². The van der Waals surface area contributed by atoms with Crippen molar-refractivity contribution in [1.29, 1.82) is 0 Å². The van der Waals surface area contributed by atoms with Gasteiger partial charge in [-0.05, 0) is 43.7 Å². The summed E-state index contributed by atoms with van der Waals surface area (Å²) in [6, 6.07) is 6.85. The van der Waals surface area contributed by atoms with E-state index in [2.05, 4.69) is 20.8 Å². The highest BCUT2D eigenvalue weighted by Gasteiger charge is 2.57. The average Bonchev–Trinajstić information content (AvgIpc) is 3.50. The first-order valence-corrected chi connectivity index (χ1v) is 10.3. The fourth-order valence-electron chi connectivity index (χ4n) is 4.23. The summed E-state index contributed by atoms with van der Waals surface area (Å²) in [5.41, 5.74) is 8.48. The molecule has 1 fully saturated rings. The fourth-order valence-corrected chi connectivity index (χ4v) is 4.39. The maximum atomic E-state index is 14.9. The highest BCUT2D eigenvalue weighted by Crippen LogP contribution is 2.51. The van der Waals surface area contributed by atoms with Gasteiger partial charge in [-0.3, -0.25) is 4.79 Å². The average molecular weight is 461 g/mol. The minimum atomic E-state index is -1.54. The van der Waals surface area contributed by atoms with E-state index in [4.69, 9.17) is 22.2 Å². The fraction of sp³-hybridized carbons (Fsp3) is 0.286. The van der Waals surface area contributed by atoms with Gasteiger partial charge < -0.3 is 20.3 Å². The van der Waals surface area contributed by atoms with Crippen LogP contribution in [0.1, 0.15) is 28.2 Å². The van der Waals surface area contributed by atoms with E-state index in [0.29, 0.717) is 22.8 Å². The Hall–Kier alpha value is -3.24. The summed E-state index contributed by atoms with van der Waals surface area (Å²) in [4.78, 5) is 26.5. The Kier molecular flexibility index (Phi) is 4.79. The lowest BCUT2D eigenvalue weighted by Gasteiger charge is -2.27. The lowest BCUT2D eigenvalue weighted by atomic mass is 9.85. The molecule has 166 valence electrons. The van der Waals surface area contributed by atoms with Crippen LogP contribution >= 0.6 is 11.6 Å². The van der Waals surface area contributed by atoms with E-state index < -0.39 is 23.9 Å². The van der Waals surface area contributed by atoms with Crippen LogP contribution in [0.25, 0.3) is 5.65 Å². The van der Waals surface area contributed by atoms with E-state index >= 15 is 0 Å². The van der Waals surface area contributed by atoms with E-state index in [0.717, 1.165) is 0 Å². The third kappa shape index (κ3) is 3.26. The molecule has 0 unspecified atom stereocenters. The molecule has 3 aromatic rings. The SMILES string of the molecule is Cc1c(C(=O)Nc2ccc(F)c([C@@]3(CF)N=C(N)ON[C@@H]4C[C@@H]43)c2)nc2ccc(Cl)cn12. The first kappa shape index (κ1) is 20.7. The molecule has 1 aromatic carbocycles. The highest BCUT2D eigenvalue weighted by molar-refractivity contribution is 6.30. The summed E-state index contributed by atoms with van der Waals surface area (Å²) < 4.78 is 30.9. The molecule has 11 heteroatoms. The van der Waals surface area contributed by atoms with E-state index in [1.54, 1.807) is 29.7 Å². The van der Waals surface area contributed by atoms with Gasteiger partial charge in [-0.1, -0.05) is 11.6 Å². The molecule has 2 aliphatic rings. The van der Waals surface area contributed by atoms with Crippen molar-refractivity contribution in [3.63, 3.8) is 0 Å². The van der Waals surface area contributed by atoms with Crippen LogP contribution in [0, 0.1) is 18.7 Å². The standard InChI is InChI=1S/C21H19ClF2N6O2/c1-10-18(27-17-5-2-11(22)8-30(10)17)19(31)26-12-3-4-15(24)13(6-12)21(9-23)14-7-16(14)29-32-20(25)28-21/h2-6,8,14,16,29H,7,9H2,1H3,(H2,25,28)(H,26,31)/t14-,16+,21+/m0/s1. The third-order valence-corrected chi connectivity index (χ3v) is 6.18. The summed E-state index contributed by atoms with van der Waals surface area (Å²) in [5, 5.41) is 3.22. The second-order valence-corrected chi connectivity index (χ2v) is 8.38. The minimum absolute atomic E-state index is 0.000875. The number of anilines is 1. The number of carbonyl (C=O) groups excluding carboxylic acids is 1. The van der Waals surface area contributed by atoms with Gasteiger partial charge >= 0.3 is 6.02 Å². The zero-order chi connectivity index (χ0) is 22.6. The summed E-state index contributed by atoms with van der Waals surface area (Å²) in [5.74, 6) is -1.48. The Bertz CT molecular complexity index is 1280. The molecular weight excluding hydrogens is 442 g/mol. The number of nitrogens with one attached hydrogen (secondary N) is 2. The maximum Gasteiger partial charge on any atom is 0.303 e. The number of nitrogens with two attached hydrogens (primary N) is 1. The normalized spacial score (nSPS) is 24.3. The molecule has 5 rings (SSSR count). The van der Waals surface area contributed by atoms with Gasteiger partial charge in [0.1, 0.15) is 29.4 Å². The zero-order valence-corrected chi connectivity index (χ0v) is 17.7. The molecular formula is C21H19ClF2N6O2. The number of fused-ring (bicyclic) bond motifs is 2. The number of aliphatic imine (C=N–C) groups is 1. The number of pyridine rings is 1. The Morgan fingerprint density at radius 3 is 3.03 bits per heavy atom. The van der Waals surface area contributed by atoms with Crippen molar-refractivity contribution in [2.45, 2.75) is 24.9 Å². The molecule has 1 amide bonds. The molecule has 0 saturated heterocycles. The number of carbonyl (C=O) groups is 1. The number of imidazole rings is 1. The summed E-state index contributed by atoms with van der Waals surface area (Å²) in [6.45, 7) is 0.767. The van der Waals surface area contributed by atoms with Crippen molar-refractivity contribution in [1.82, 2.24) is 14.9 Å². The van der Waals surface area contributed by atoms with Gasteiger partial charge in [-0.2, -0.15) is 0 Å². The Labute approximate surface area is 186 Å². The molecule has 1 aliphatic carbocycles. The number of rotatable bonds is 4. The molecule has 3 atom stereocenters. The number of hydroxylamine groups is 1. The molecule has 1 saturated carbocycles. The van der Waals surface area contributed by atoms with Crippen molar-refractivity contribution in [3.05, 3.63) is 64.3 Å². The van der Waals surface area contributed by atoms with E-state index in [1.165, 1.54) is 18.2 Å². The predicted octanol–water partition coefficient (Wildman–Crippen LogP) is 3.09. The van der Waals surface area contributed by atoms with Gasteiger partial charge in [0.2, 0.25) is 0 Å². The lowest BCUT2D eigenvalue weighted by Crippen LogP contribution is -2.33. The Balaban J connectivity index is 1.50. The highest BCUT2D eigenvalue weighted by atomic mass is 35.5. The lowest BCUT2D eigenvalue weighted by molar-refractivity contribution is 0.102. The van der Waals surface area contributed by atoms with Crippen molar-refractivity contribution in [2.75, 3.05) is 12.0 Å². The maximum absolute atomic E-state index is 14.9. The summed E-state index contributed by atoms with van der Waals surface area (Å²) in [7, 11) is 0. The zero-order valence-electron chi connectivity index (χ0n) is 16.9. The monoisotopic (exact) mass is 460 g/mol. The van der Waals surface area contributed by atoms with E-state index in [1.807, 2.05) is 0 Å². The number of aromatic nitrogens is 2. The molecule has 0 bridgehead atoms. The van der Waals surface area contributed by atoms with Crippen LogP contribution in [0.4, 0.5) is 14.5 Å². The molecule has 0 spiro atoms. The molecule has 32 heavy (non-hydrogen) atoms. The minimum Gasteiger partial charge on any atom is -0.371 e.